The molecular formula is C13H11FN2O2. The van der Waals surface area contributed by atoms with Crippen molar-refractivity contribution in [2.75, 3.05) is 6.61 Å². The van der Waals surface area contributed by atoms with Crippen molar-refractivity contribution in [3.8, 4) is 11.3 Å². The number of esters is 1. The van der Waals surface area contributed by atoms with Crippen LogP contribution in [0.3, 0.4) is 0 Å². The van der Waals surface area contributed by atoms with Gasteiger partial charge in [-0.25, -0.2) is 9.18 Å². The van der Waals surface area contributed by atoms with Crippen LogP contribution in [0.15, 0.2) is 36.8 Å². The van der Waals surface area contributed by atoms with Gasteiger partial charge in [-0.1, -0.05) is 0 Å². The Bertz CT molecular complexity index is 558. The van der Waals surface area contributed by atoms with Crippen molar-refractivity contribution >= 4 is 5.97 Å². The molecule has 0 atom stereocenters. The Morgan fingerprint density at radius 2 is 2.28 bits per heavy atom. The normalized spacial score (nSPS) is 10.1. The van der Waals surface area contributed by atoms with Gasteiger partial charge in [0.15, 0.2) is 0 Å². The highest BCUT2D eigenvalue weighted by molar-refractivity contribution is 5.89. The first-order valence-electron chi connectivity index (χ1n) is 5.45. The van der Waals surface area contributed by atoms with Crippen LogP contribution in [0.25, 0.3) is 11.3 Å². The second-order valence-corrected chi connectivity index (χ2v) is 3.52. The predicted molar refractivity (Wildman–Crippen MR) is 63.4 cm³/mol. The Balaban J connectivity index is 2.34. The summed E-state index contributed by atoms with van der Waals surface area (Å²) in [5.74, 6) is -1.16. The molecule has 2 heterocycles. The maximum absolute atomic E-state index is 13.8. The molecule has 0 fully saturated rings. The molecule has 0 unspecified atom stereocenters. The topological polar surface area (TPSA) is 52.1 Å². The fourth-order valence-corrected chi connectivity index (χ4v) is 1.48. The zero-order valence-corrected chi connectivity index (χ0v) is 9.76. The molecule has 5 heteroatoms. The Morgan fingerprint density at radius 3 is 2.89 bits per heavy atom. The van der Waals surface area contributed by atoms with Crippen molar-refractivity contribution in [3.05, 3.63) is 48.2 Å². The van der Waals surface area contributed by atoms with Crippen LogP contribution in [0.2, 0.25) is 0 Å². The number of aromatic nitrogens is 2. The van der Waals surface area contributed by atoms with E-state index in [9.17, 15) is 9.18 Å². The highest BCUT2D eigenvalue weighted by atomic mass is 19.1. The molecule has 0 aromatic carbocycles. The summed E-state index contributed by atoms with van der Waals surface area (Å²) < 4.78 is 18.6. The van der Waals surface area contributed by atoms with Crippen LogP contribution in [0, 0.1) is 5.82 Å². The lowest BCUT2D eigenvalue weighted by atomic mass is 10.1. The van der Waals surface area contributed by atoms with Crippen molar-refractivity contribution < 1.29 is 13.9 Å². The van der Waals surface area contributed by atoms with Gasteiger partial charge in [0.2, 0.25) is 0 Å². The van der Waals surface area contributed by atoms with E-state index in [1.165, 1.54) is 12.4 Å². The standard InChI is InChI=1S/C13H11FN2O2/c1-2-18-13(17)10-6-11(14)12(16-8-10)9-4-3-5-15-7-9/h3-8H,2H2,1H3. The van der Waals surface area contributed by atoms with E-state index in [1.807, 2.05) is 0 Å². The minimum atomic E-state index is -0.582. The number of halogens is 1. The van der Waals surface area contributed by atoms with Gasteiger partial charge in [-0.3, -0.25) is 9.97 Å². The summed E-state index contributed by atoms with van der Waals surface area (Å²) >= 11 is 0. The van der Waals surface area contributed by atoms with Crippen molar-refractivity contribution in [2.45, 2.75) is 6.92 Å². The molecule has 0 N–H and O–H groups in total. The third kappa shape index (κ3) is 2.51. The minimum absolute atomic E-state index is 0.0991. The number of nitrogens with zero attached hydrogens (tertiary/aromatic N) is 2. The summed E-state index contributed by atoms with van der Waals surface area (Å²) in [6, 6.07) is 4.51. The van der Waals surface area contributed by atoms with Crippen LogP contribution in [0.4, 0.5) is 4.39 Å². The second kappa shape index (κ2) is 5.35. The number of carbonyl (C=O) groups excluding carboxylic acids is 1. The molecule has 18 heavy (non-hydrogen) atoms. The first-order valence-corrected chi connectivity index (χ1v) is 5.45. The van der Waals surface area contributed by atoms with Gasteiger partial charge in [-0.2, -0.15) is 0 Å². The lowest BCUT2D eigenvalue weighted by Crippen LogP contribution is -2.06. The van der Waals surface area contributed by atoms with Crippen LogP contribution in [0.5, 0.6) is 0 Å². The predicted octanol–water partition coefficient (Wildman–Crippen LogP) is 2.46. The molecule has 2 rings (SSSR count). The maximum Gasteiger partial charge on any atom is 0.339 e. The number of carbonyl (C=O) groups is 1. The van der Waals surface area contributed by atoms with E-state index in [1.54, 1.807) is 25.3 Å². The lowest BCUT2D eigenvalue weighted by molar-refractivity contribution is 0.0525. The Kier molecular flexibility index (Phi) is 3.62. The number of rotatable bonds is 3. The molecule has 0 bridgehead atoms. The van der Waals surface area contributed by atoms with E-state index in [0.717, 1.165) is 6.07 Å². The smallest absolute Gasteiger partial charge is 0.339 e. The van der Waals surface area contributed by atoms with Gasteiger partial charge in [-0.05, 0) is 25.1 Å². The van der Waals surface area contributed by atoms with Gasteiger partial charge in [0.1, 0.15) is 11.5 Å². The van der Waals surface area contributed by atoms with Gasteiger partial charge in [-0.15, -0.1) is 0 Å². The Hall–Kier alpha value is -2.30. The average molecular weight is 246 g/mol. The quantitative estimate of drug-likeness (QED) is 0.780. The van der Waals surface area contributed by atoms with Gasteiger partial charge >= 0.3 is 5.97 Å². The van der Waals surface area contributed by atoms with E-state index < -0.39 is 11.8 Å². The molecule has 0 radical (unpaired) electrons. The summed E-state index contributed by atoms with van der Waals surface area (Å²) in [7, 11) is 0. The summed E-state index contributed by atoms with van der Waals surface area (Å²) in [5.41, 5.74) is 0.823. The molecule has 4 nitrogen and oxygen atoms in total. The molecule has 0 spiro atoms. The number of pyridine rings is 2. The Morgan fingerprint density at radius 1 is 1.44 bits per heavy atom. The zero-order valence-electron chi connectivity index (χ0n) is 9.76. The Labute approximate surface area is 103 Å². The molecule has 0 aliphatic rings. The lowest BCUT2D eigenvalue weighted by Gasteiger charge is -2.04. The van der Waals surface area contributed by atoms with Crippen molar-refractivity contribution in [2.24, 2.45) is 0 Å². The molecular weight excluding hydrogens is 235 g/mol. The molecule has 0 amide bonds. The molecule has 0 saturated carbocycles. The highest BCUT2D eigenvalue weighted by Gasteiger charge is 2.12. The van der Waals surface area contributed by atoms with E-state index in [-0.39, 0.29) is 17.9 Å². The number of hydrogen-bond acceptors (Lipinski definition) is 4. The maximum atomic E-state index is 13.8. The molecule has 2 aromatic rings. The van der Waals surface area contributed by atoms with Crippen molar-refractivity contribution in [1.29, 1.82) is 0 Å². The van der Waals surface area contributed by atoms with Crippen LogP contribution in [-0.2, 0) is 4.74 Å². The first kappa shape index (κ1) is 12.2. The van der Waals surface area contributed by atoms with E-state index in [2.05, 4.69) is 9.97 Å². The monoisotopic (exact) mass is 246 g/mol. The van der Waals surface area contributed by atoms with Crippen LogP contribution in [-0.4, -0.2) is 22.5 Å². The number of hydrogen-bond donors (Lipinski definition) is 0. The highest BCUT2D eigenvalue weighted by Crippen LogP contribution is 2.19. The first-order chi connectivity index (χ1) is 8.72. The summed E-state index contributed by atoms with van der Waals surface area (Å²) in [6.45, 7) is 1.93. The fraction of sp³-hybridized carbons (Fsp3) is 0.154. The molecule has 2 aromatic heterocycles. The van der Waals surface area contributed by atoms with Gasteiger partial charge in [0, 0.05) is 24.2 Å². The third-order valence-corrected chi connectivity index (χ3v) is 2.29. The second-order valence-electron chi connectivity index (χ2n) is 3.52. The summed E-state index contributed by atoms with van der Waals surface area (Å²) in [5, 5.41) is 0. The van der Waals surface area contributed by atoms with Gasteiger partial charge < -0.3 is 4.74 Å². The van der Waals surface area contributed by atoms with Crippen molar-refractivity contribution in [3.63, 3.8) is 0 Å². The minimum Gasteiger partial charge on any atom is -0.462 e. The molecule has 0 aliphatic heterocycles. The molecule has 0 aliphatic carbocycles. The van der Waals surface area contributed by atoms with E-state index in [4.69, 9.17) is 4.74 Å². The van der Waals surface area contributed by atoms with Crippen LogP contribution < -0.4 is 0 Å². The van der Waals surface area contributed by atoms with Gasteiger partial charge in [0.05, 0.1) is 12.2 Å². The zero-order chi connectivity index (χ0) is 13.0. The fourth-order valence-electron chi connectivity index (χ4n) is 1.48. The van der Waals surface area contributed by atoms with E-state index in [0.29, 0.717) is 5.56 Å². The largest absolute Gasteiger partial charge is 0.462 e. The average Bonchev–Trinajstić information content (AvgIpc) is 2.40. The number of ether oxygens (including phenoxy) is 1. The molecule has 0 saturated heterocycles. The summed E-state index contributed by atoms with van der Waals surface area (Å²) in [6.07, 6.45) is 4.40. The van der Waals surface area contributed by atoms with Crippen molar-refractivity contribution in [1.82, 2.24) is 9.97 Å². The summed E-state index contributed by atoms with van der Waals surface area (Å²) in [4.78, 5) is 19.2. The van der Waals surface area contributed by atoms with Crippen LogP contribution in [0.1, 0.15) is 17.3 Å². The molecule has 92 valence electrons. The van der Waals surface area contributed by atoms with Gasteiger partial charge in [0.25, 0.3) is 0 Å². The SMILES string of the molecule is CCOC(=O)c1cnc(-c2cccnc2)c(F)c1. The van der Waals surface area contributed by atoms with E-state index >= 15 is 0 Å². The third-order valence-electron chi connectivity index (χ3n) is 2.29. The van der Waals surface area contributed by atoms with Crippen LogP contribution >= 0.6 is 0 Å².